The molecule has 1 aromatic carbocycles. The van der Waals surface area contributed by atoms with E-state index in [-0.39, 0.29) is 22.4 Å². The maximum Gasteiger partial charge on any atom is 0.141 e. The second-order valence-electron chi connectivity index (χ2n) is 7.23. The van der Waals surface area contributed by atoms with Crippen molar-refractivity contribution in [3.05, 3.63) is 29.0 Å². The van der Waals surface area contributed by atoms with Gasteiger partial charge in [0.15, 0.2) is 0 Å². The Morgan fingerprint density at radius 2 is 2.04 bits per heavy atom. The van der Waals surface area contributed by atoms with E-state index in [2.05, 4.69) is 10.2 Å². The van der Waals surface area contributed by atoms with Crippen LogP contribution in [0.15, 0.2) is 18.2 Å². The van der Waals surface area contributed by atoms with E-state index in [1.165, 1.54) is 38.4 Å². The Morgan fingerprint density at radius 3 is 2.74 bits per heavy atom. The van der Waals surface area contributed by atoms with Crippen LogP contribution in [0.5, 0.6) is 0 Å². The van der Waals surface area contributed by atoms with Gasteiger partial charge in [-0.3, -0.25) is 0 Å². The van der Waals surface area contributed by atoms with Gasteiger partial charge in [0.1, 0.15) is 5.82 Å². The van der Waals surface area contributed by atoms with E-state index in [1.54, 1.807) is 12.1 Å². The second kappa shape index (κ2) is 7.37. The minimum Gasteiger partial charge on any atom is -0.378 e. The first-order valence-electron chi connectivity index (χ1n) is 8.78. The standard InChI is InChI=1S/C18H27ClFN3/c19-16-11-15(6-7-17(16)20)22-18(8-4-5-14(21)12-18)13-23-9-2-1-3-10-23/h6-7,11,14,22H,1-5,8-10,12-13,21H2. The van der Waals surface area contributed by atoms with E-state index in [1.807, 2.05) is 0 Å². The molecule has 2 unspecified atom stereocenters. The number of nitrogens with two attached hydrogens (primary N) is 1. The SMILES string of the molecule is NC1CCCC(CN2CCCCC2)(Nc2ccc(F)c(Cl)c2)C1. The summed E-state index contributed by atoms with van der Waals surface area (Å²) >= 11 is 5.95. The highest BCUT2D eigenvalue weighted by atomic mass is 35.5. The summed E-state index contributed by atoms with van der Waals surface area (Å²) in [5.41, 5.74) is 7.14. The number of nitrogens with zero attached hydrogens (tertiary/aromatic N) is 1. The van der Waals surface area contributed by atoms with Gasteiger partial charge in [-0.05, 0) is 69.8 Å². The second-order valence-corrected chi connectivity index (χ2v) is 7.63. The van der Waals surface area contributed by atoms with Crippen LogP contribution in [0.4, 0.5) is 10.1 Å². The minimum atomic E-state index is -0.373. The fourth-order valence-corrected chi connectivity index (χ4v) is 4.31. The molecule has 1 saturated carbocycles. The molecule has 1 aliphatic heterocycles. The van der Waals surface area contributed by atoms with E-state index in [0.29, 0.717) is 0 Å². The molecule has 128 valence electrons. The number of hydrogen-bond acceptors (Lipinski definition) is 3. The van der Waals surface area contributed by atoms with Crippen LogP contribution in [-0.2, 0) is 0 Å². The smallest absolute Gasteiger partial charge is 0.141 e. The molecule has 0 aromatic heterocycles. The van der Waals surface area contributed by atoms with Crippen molar-refractivity contribution in [3.8, 4) is 0 Å². The van der Waals surface area contributed by atoms with Crippen LogP contribution < -0.4 is 11.1 Å². The summed E-state index contributed by atoms with van der Waals surface area (Å²) in [5, 5.41) is 3.84. The lowest BCUT2D eigenvalue weighted by Crippen LogP contribution is -2.54. The molecule has 0 amide bonds. The lowest BCUT2D eigenvalue weighted by atomic mass is 9.78. The molecule has 2 atom stereocenters. The quantitative estimate of drug-likeness (QED) is 0.870. The van der Waals surface area contributed by atoms with Gasteiger partial charge in [0.05, 0.1) is 10.6 Å². The Labute approximate surface area is 143 Å². The summed E-state index contributed by atoms with van der Waals surface area (Å²) in [6.07, 6.45) is 8.19. The highest BCUT2D eigenvalue weighted by Gasteiger charge is 2.37. The van der Waals surface area contributed by atoms with Crippen molar-refractivity contribution in [2.75, 3.05) is 25.0 Å². The first-order chi connectivity index (χ1) is 11.1. The normalized spacial score (nSPS) is 29.4. The number of piperidine rings is 1. The average molecular weight is 340 g/mol. The van der Waals surface area contributed by atoms with E-state index in [9.17, 15) is 4.39 Å². The zero-order valence-electron chi connectivity index (χ0n) is 13.7. The molecule has 2 fully saturated rings. The topological polar surface area (TPSA) is 41.3 Å². The van der Waals surface area contributed by atoms with Gasteiger partial charge in [-0.2, -0.15) is 0 Å². The molecule has 1 saturated heterocycles. The molecular formula is C18H27ClFN3. The Bertz CT molecular complexity index is 533. The van der Waals surface area contributed by atoms with Gasteiger partial charge in [0, 0.05) is 18.3 Å². The highest BCUT2D eigenvalue weighted by molar-refractivity contribution is 6.31. The van der Waals surface area contributed by atoms with Crippen molar-refractivity contribution >= 4 is 17.3 Å². The van der Waals surface area contributed by atoms with Gasteiger partial charge >= 0.3 is 0 Å². The lowest BCUT2D eigenvalue weighted by Gasteiger charge is -2.45. The molecule has 23 heavy (non-hydrogen) atoms. The van der Waals surface area contributed by atoms with Crippen LogP contribution in [0.1, 0.15) is 44.9 Å². The van der Waals surface area contributed by atoms with Crippen molar-refractivity contribution in [1.82, 2.24) is 4.90 Å². The number of benzene rings is 1. The lowest BCUT2D eigenvalue weighted by molar-refractivity contribution is 0.156. The van der Waals surface area contributed by atoms with Crippen LogP contribution in [0.2, 0.25) is 5.02 Å². The minimum absolute atomic E-state index is 0.0316. The van der Waals surface area contributed by atoms with Crippen molar-refractivity contribution in [2.45, 2.75) is 56.5 Å². The first-order valence-corrected chi connectivity index (χ1v) is 9.15. The number of likely N-dealkylation sites (tertiary alicyclic amines) is 1. The van der Waals surface area contributed by atoms with Crippen LogP contribution in [0.25, 0.3) is 0 Å². The van der Waals surface area contributed by atoms with E-state index >= 15 is 0 Å². The van der Waals surface area contributed by atoms with Crippen LogP contribution in [0, 0.1) is 5.82 Å². The zero-order chi connectivity index (χ0) is 16.3. The summed E-state index contributed by atoms with van der Waals surface area (Å²) in [6.45, 7) is 3.35. The number of anilines is 1. The Morgan fingerprint density at radius 1 is 1.26 bits per heavy atom. The molecule has 3 nitrogen and oxygen atoms in total. The Hall–Kier alpha value is -0.840. The predicted molar refractivity (Wildman–Crippen MR) is 94.5 cm³/mol. The fraction of sp³-hybridized carbons (Fsp3) is 0.667. The van der Waals surface area contributed by atoms with Crippen molar-refractivity contribution in [2.24, 2.45) is 5.73 Å². The van der Waals surface area contributed by atoms with E-state index in [4.69, 9.17) is 17.3 Å². The molecular weight excluding hydrogens is 313 g/mol. The van der Waals surface area contributed by atoms with Gasteiger partial charge in [0.25, 0.3) is 0 Å². The molecule has 0 bridgehead atoms. The maximum atomic E-state index is 13.4. The number of hydrogen-bond donors (Lipinski definition) is 2. The van der Waals surface area contributed by atoms with E-state index < -0.39 is 0 Å². The average Bonchev–Trinajstić information content (AvgIpc) is 2.52. The summed E-state index contributed by atoms with van der Waals surface area (Å²) in [7, 11) is 0. The number of halogens is 2. The Kier molecular flexibility index (Phi) is 5.45. The predicted octanol–water partition coefficient (Wildman–Crippen LogP) is 4.02. The molecule has 3 rings (SSSR count). The van der Waals surface area contributed by atoms with Gasteiger partial charge in [0.2, 0.25) is 0 Å². The number of rotatable bonds is 4. The maximum absolute atomic E-state index is 13.4. The first kappa shape index (κ1) is 17.0. The third-order valence-corrected chi connectivity index (χ3v) is 5.48. The molecule has 1 heterocycles. The molecule has 0 radical (unpaired) electrons. The van der Waals surface area contributed by atoms with Gasteiger partial charge in [-0.15, -0.1) is 0 Å². The van der Waals surface area contributed by atoms with E-state index in [0.717, 1.165) is 37.9 Å². The van der Waals surface area contributed by atoms with Crippen molar-refractivity contribution in [3.63, 3.8) is 0 Å². The van der Waals surface area contributed by atoms with Crippen LogP contribution in [0.3, 0.4) is 0 Å². The summed E-state index contributed by atoms with van der Waals surface area (Å²) in [5.74, 6) is -0.373. The molecule has 5 heteroatoms. The fourth-order valence-electron chi connectivity index (χ4n) is 4.13. The Balaban J connectivity index is 1.77. The monoisotopic (exact) mass is 339 g/mol. The molecule has 0 spiro atoms. The largest absolute Gasteiger partial charge is 0.378 e. The zero-order valence-corrected chi connectivity index (χ0v) is 14.4. The van der Waals surface area contributed by atoms with Crippen LogP contribution in [-0.4, -0.2) is 36.1 Å². The third kappa shape index (κ3) is 4.37. The summed E-state index contributed by atoms with van der Waals surface area (Å²) < 4.78 is 13.4. The molecule has 1 aromatic rings. The van der Waals surface area contributed by atoms with Crippen molar-refractivity contribution in [1.29, 1.82) is 0 Å². The summed E-state index contributed by atoms with van der Waals surface area (Å²) in [4.78, 5) is 2.56. The molecule has 3 N–H and O–H groups in total. The van der Waals surface area contributed by atoms with Crippen LogP contribution >= 0.6 is 11.6 Å². The van der Waals surface area contributed by atoms with Gasteiger partial charge in [-0.1, -0.05) is 18.0 Å². The molecule has 1 aliphatic carbocycles. The number of nitrogens with one attached hydrogen (secondary N) is 1. The van der Waals surface area contributed by atoms with Crippen molar-refractivity contribution < 1.29 is 4.39 Å². The van der Waals surface area contributed by atoms with Gasteiger partial charge < -0.3 is 16.0 Å². The highest BCUT2D eigenvalue weighted by Crippen LogP contribution is 2.34. The third-order valence-electron chi connectivity index (χ3n) is 5.19. The molecule has 2 aliphatic rings. The van der Waals surface area contributed by atoms with Gasteiger partial charge in [-0.25, -0.2) is 4.39 Å². The summed E-state index contributed by atoms with van der Waals surface area (Å²) in [6, 6.07) is 5.13.